The second-order valence-corrected chi connectivity index (χ2v) is 6.91. The Morgan fingerprint density at radius 3 is 2.69 bits per heavy atom. The molecule has 0 aliphatic heterocycles. The van der Waals surface area contributed by atoms with Crippen LogP contribution >= 0.6 is 39.1 Å². The summed E-state index contributed by atoms with van der Waals surface area (Å²) in [6.45, 7) is 1.64. The van der Waals surface area contributed by atoms with Gasteiger partial charge in [-0.1, -0.05) is 36.2 Å². The van der Waals surface area contributed by atoms with Gasteiger partial charge in [0.15, 0.2) is 16.8 Å². The van der Waals surface area contributed by atoms with Gasteiger partial charge in [-0.15, -0.1) is 0 Å². The van der Waals surface area contributed by atoms with Crippen molar-refractivity contribution in [1.82, 2.24) is 0 Å². The average molecular weight is 458 g/mol. The van der Waals surface area contributed by atoms with Gasteiger partial charge in [0, 0.05) is 18.1 Å². The van der Waals surface area contributed by atoms with Crippen LogP contribution in [0.3, 0.4) is 0 Å². The van der Waals surface area contributed by atoms with Gasteiger partial charge < -0.3 is 4.42 Å². The molecule has 0 saturated carbocycles. The van der Waals surface area contributed by atoms with Crippen molar-refractivity contribution in [2.75, 3.05) is 0 Å². The number of rotatable bonds is 4. The van der Waals surface area contributed by atoms with E-state index in [-0.39, 0.29) is 28.9 Å². The molecular formula is C18H11BrCl2O5. The summed E-state index contributed by atoms with van der Waals surface area (Å²) in [4.78, 5) is 33.4. The number of halogens is 3. The Morgan fingerprint density at radius 2 is 1.96 bits per heavy atom. The number of benzene rings is 2. The summed E-state index contributed by atoms with van der Waals surface area (Å²) in [5.41, 5.74) is 0.384. The topological polar surface area (TPSA) is 65.7 Å². The molecular weight excluding hydrogens is 447 g/mol. The zero-order valence-corrected chi connectivity index (χ0v) is 16.4. The van der Waals surface area contributed by atoms with E-state index >= 15 is 0 Å². The molecule has 0 amide bonds. The third kappa shape index (κ3) is 3.72. The van der Waals surface area contributed by atoms with E-state index in [1.54, 1.807) is 31.2 Å². The molecule has 26 heavy (non-hydrogen) atoms. The van der Waals surface area contributed by atoms with Crippen LogP contribution in [0.2, 0.25) is 10.0 Å². The lowest BCUT2D eigenvalue weighted by atomic mass is 10.1. The molecule has 0 unspecified atom stereocenters. The third-order valence-electron chi connectivity index (χ3n) is 3.51. The molecule has 3 aromatic rings. The summed E-state index contributed by atoms with van der Waals surface area (Å²) in [7, 11) is 0. The largest absolute Gasteiger partial charge is 0.454 e. The van der Waals surface area contributed by atoms with Gasteiger partial charge in [-0.2, -0.15) is 0 Å². The molecule has 0 spiro atoms. The fraction of sp³-hybridized carbons (Fsp3) is 0.111. The van der Waals surface area contributed by atoms with Crippen molar-refractivity contribution >= 4 is 56.1 Å². The van der Waals surface area contributed by atoms with Gasteiger partial charge in [-0.3, -0.25) is 14.6 Å². The Hall–Kier alpha value is -2.02. The highest BCUT2D eigenvalue weighted by molar-refractivity contribution is 9.10. The number of hydrogen-bond acceptors (Lipinski definition) is 5. The fourth-order valence-electron chi connectivity index (χ4n) is 2.21. The molecule has 5 nitrogen and oxygen atoms in total. The number of para-hydroxylation sites is 1. The van der Waals surface area contributed by atoms with Gasteiger partial charge in [0.05, 0.1) is 19.9 Å². The van der Waals surface area contributed by atoms with Crippen LogP contribution in [0, 0.1) is 0 Å². The van der Waals surface area contributed by atoms with E-state index in [0.29, 0.717) is 25.5 Å². The minimum Gasteiger partial charge on any atom is -0.454 e. The third-order valence-corrected chi connectivity index (χ3v) is 4.74. The molecule has 0 radical (unpaired) electrons. The van der Waals surface area contributed by atoms with Crippen LogP contribution < -0.4 is 10.3 Å². The van der Waals surface area contributed by atoms with Crippen molar-refractivity contribution in [2.24, 2.45) is 0 Å². The maximum atomic E-state index is 12.4. The highest BCUT2D eigenvalue weighted by atomic mass is 79.9. The molecule has 0 aliphatic carbocycles. The second kappa shape index (κ2) is 7.70. The minimum absolute atomic E-state index is 0.163. The lowest BCUT2D eigenvalue weighted by Gasteiger charge is -2.10. The first-order valence-electron chi connectivity index (χ1n) is 7.50. The molecule has 1 heterocycles. The Balaban J connectivity index is 2.11. The molecule has 0 aliphatic rings. The first-order valence-corrected chi connectivity index (χ1v) is 9.04. The first-order chi connectivity index (χ1) is 12.4. The fourth-order valence-corrected chi connectivity index (χ4v) is 3.22. The monoisotopic (exact) mass is 456 g/mol. The Bertz CT molecular complexity index is 1060. The Morgan fingerprint density at radius 1 is 1.19 bits per heavy atom. The number of carbonyl (C=O) groups is 1. The molecule has 1 aromatic heterocycles. The lowest BCUT2D eigenvalue weighted by Crippen LogP contribution is -2.06. The second-order valence-electron chi connectivity index (χ2n) is 5.25. The van der Waals surface area contributed by atoms with Crippen LogP contribution in [0.1, 0.15) is 13.3 Å². The molecule has 2 aromatic carbocycles. The smallest absolute Gasteiger partial charge is 0.355 e. The Kier molecular flexibility index (Phi) is 5.55. The molecule has 0 bridgehead atoms. The Labute approximate surface area is 166 Å². The van der Waals surface area contributed by atoms with Crippen LogP contribution in [0.15, 0.2) is 50.1 Å². The molecule has 134 valence electrons. The SMILES string of the molecule is CCC(=O)OOc1cc(-c2cc(=O)c3cccc(Cl)c3o2)c(Cl)cc1Br. The minimum atomic E-state index is -0.530. The summed E-state index contributed by atoms with van der Waals surface area (Å²) in [5.74, 6) is -0.120. The van der Waals surface area contributed by atoms with E-state index in [0.717, 1.165) is 0 Å². The van der Waals surface area contributed by atoms with E-state index in [1.165, 1.54) is 12.1 Å². The van der Waals surface area contributed by atoms with E-state index in [1.807, 2.05) is 0 Å². The number of carbonyl (C=O) groups excluding carboxylic acids is 1. The molecule has 0 atom stereocenters. The van der Waals surface area contributed by atoms with E-state index in [2.05, 4.69) is 20.8 Å². The summed E-state index contributed by atoms with van der Waals surface area (Å²) >= 11 is 15.7. The van der Waals surface area contributed by atoms with Crippen LogP contribution in [-0.4, -0.2) is 5.97 Å². The highest BCUT2D eigenvalue weighted by Gasteiger charge is 2.16. The van der Waals surface area contributed by atoms with Crippen LogP contribution in [0.25, 0.3) is 22.3 Å². The highest BCUT2D eigenvalue weighted by Crippen LogP contribution is 2.38. The standard InChI is InChI=1S/C18H11BrCl2O5/c1-2-17(23)26-25-16-6-10(13(21)7-11(16)19)15-8-14(22)9-4-3-5-12(20)18(9)24-15/h3-8H,2H2,1H3. The van der Waals surface area contributed by atoms with Crippen molar-refractivity contribution < 1.29 is 19.0 Å². The average Bonchev–Trinajstić information content (AvgIpc) is 2.61. The maximum Gasteiger partial charge on any atom is 0.355 e. The van der Waals surface area contributed by atoms with Gasteiger partial charge in [0.1, 0.15) is 5.76 Å². The van der Waals surface area contributed by atoms with Crippen molar-refractivity contribution in [3.05, 3.63) is 61.1 Å². The van der Waals surface area contributed by atoms with Gasteiger partial charge in [-0.25, -0.2) is 4.79 Å². The number of hydrogen-bond donors (Lipinski definition) is 0. The molecule has 0 saturated heterocycles. The molecule has 3 rings (SSSR count). The van der Waals surface area contributed by atoms with Crippen molar-refractivity contribution in [1.29, 1.82) is 0 Å². The maximum absolute atomic E-state index is 12.4. The summed E-state index contributed by atoms with van der Waals surface area (Å²) in [5, 5.41) is 0.978. The first kappa shape index (κ1) is 18.8. The van der Waals surface area contributed by atoms with E-state index in [4.69, 9.17) is 32.5 Å². The van der Waals surface area contributed by atoms with Gasteiger partial charge in [0.2, 0.25) is 0 Å². The van der Waals surface area contributed by atoms with Gasteiger partial charge >= 0.3 is 5.97 Å². The normalized spacial score (nSPS) is 10.8. The summed E-state index contributed by atoms with van der Waals surface area (Å²) in [6.07, 6.45) is 0.163. The van der Waals surface area contributed by atoms with E-state index < -0.39 is 5.97 Å². The summed E-state index contributed by atoms with van der Waals surface area (Å²) < 4.78 is 6.26. The van der Waals surface area contributed by atoms with Gasteiger partial charge in [0.25, 0.3) is 0 Å². The summed E-state index contributed by atoms with van der Waals surface area (Å²) in [6, 6.07) is 9.27. The van der Waals surface area contributed by atoms with Crippen molar-refractivity contribution in [3.63, 3.8) is 0 Å². The predicted molar refractivity (Wildman–Crippen MR) is 103 cm³/mol. The van der Waals surface area contributed by atoms with Crippen molar-refractivity contribution in [2.45, 2.75) is 13.3 Å². The lowest BCUT2D eigenvalue weighted by molar-refractivity contribution is -0.213. The van der Waals surface area contributed by atoms with Crippen LogP contribution in [0.5, 0.6) is 5.75 Å². The van der Waals surface area contributed by atoms with Crippen molar-refractivity contribution in [3.8, 4) is 17.1 Å². The predicted octanol–water partition coefficient (Wildman–Crippen LogP) is 5.78. The van der Waals surface area contributed by atoms with Gasteiger partial charge in [-0.05, 0) is 40.2 Å². The zero-order chi connectivity index (χ0) is 18.8. The van der Waals surface area contributed by atoms with Crippen LogP contribution in [-0.2, 0) is 9.68 Å². The zero-order valence-electron chi connectivity index (χ0n) is 13.3. The van der Waals surface area contributed by atoms with Crippen LogP contribution in [0.4, 0.5) is 0 Å². The molecule has 0 fully saturated rings. The van der Waals surface area contributed by atoms with E-state index in [9.17, 15) is 9.59 Å². The number of fused-ring (bicyclic) bond motifs is 1. The quantitative estimate of drug-likeness (QED) is 0.367. The molecule has 0 N–H and O–H groups in total. The molecule has 8 heteroatoms.